The van der Waals surface area contributed by atoms with Crippen LogP contribution in [-0.2, 0) is 4.74 Å². The molecular formula is C27H22ClNO6. The van der Waals surface area contributed by atoms with E-state index in [0.717, 1.165) is 0 Å². The molecule has 0 amide bonds. The average Bonchev–Trinajstić information content (AvgIpc) is 3.14. The van der Waals surface area contributed by atoms with E-state index in [1.54, 1.807) is 79.7 Å². The van der Waals surface area contributed by atoms with E-state index in [9.17, 15) is 19.8 Å². The summed E-state index contributed by atoms with van der Waals surface area (Å²) >= 11 is 5.96. The number of ketones is 1. The van der Waals surface area contributed by atoms with Crippen molar-refractivity contribution >= 4 is 23.4 Å². The van der Waals surface area contributed by atoms with Crippen LogP contribution in [0.15, 0.2) is 72.8 Å². The maximum Gasteiger partial charge on any atom is 0.338 e. The number of carbonyl (C=O) groups excluding carboxylic acids is 2. The lowest BCUT2D eigenvalue weighted by Gasteiger charge is -2.13. The third kappa shape index (κ3) is 4.58. The zero-order valence-electron chi connectivity index (χ0n) is 19.0. The fourth-order valence-electron chi connectivity index (χ4n) is 3.74. The van der Waals surface area contributed by atoms with Gasteiger partial charge in [-0.3, -0.25) is 9.36 Å². The Morgan fingerprint density at radius 3 is 2.06 bits per heavy atom. The van der Waals surface area contributed by atoms with E-state index < -0.39 is 23.4 Å². The summed E-state index contributed by atoms with van der Waals surface area (Å²) < 4.78 is 11.6. The summed E-state index contributed by atoms with van der Waals surface area (Å²) in [6.45, 7) is 1.96. The Morgan fingerprint density at radius 2 is 1.49 bits per heavy atom. The van der Waals surface area contributed by atoms with Crippen LogP contribution in [0, 0.1) is 0 Å². The standard InChI is InChI=1S/C27H22ClNO6/c1-3-35-27(33)18-6-12-20(13-7-18)29-23(16-8-14-21(34-2)15-9-16)22(25(31)26(29)32)24(30)17-4-10-19(28)11-5-17/h4-15,31-32H,3H2,1-2H3. The van der Waals surface area contributed by atoms with E-state index >= 15 is 0 Å². The highest BCUT2D eigenvalue weighted by molar-refractivity contribution is 6.30. The van der Waals surface area contributed by atoms with Crippen LogP contribution >= 0.6 is 11.6 Å². The number of aromatic hydroxyl groups is 2. The number of carbonyl (C=O) groups is 2. The number of aromatic nitrogens is 1. The van der Waals surface area contributed by atoms with Gasteiger partial charge in [0, 0.05) is 16.3 Å². The molecule has 0 saturated heterocycles. The molecule has 0 atom stereocenters. The predicted octanol–water partition coefficient (Wildman–Crippen LogP) is 5.63. The Balaban J connectivity index is 1.92. The number of halogens is 1. The van der Waals surface area contributed by atoms with E-state index in [1.165, 1.54) is 11.7 Å². The summed E-state index contributed by atoms with van der Waals surface area (Å²) in [7, 11) is 1.54. The van der Waals surface area contributed by atoms with Crippen molar-refractivity contribution in [3.05, 3.63) is 94.5 Å². The van der Waals surface area contributed by atoms with E-state index in [-0.39, 0.29) is 23.4 Å². The highest BCUT2D eigenvalue weighted by Crippen LogP contribution is 2.44. The van der Waals surface area contributed by atoms with Gasteiger partial charge in [0.1, 0.15) is 5.75 Å². The molecule has 3 aromatic carbocycles. The summed E-state index contributed by atoms with van der Waals surface area (Å²) in [4.78, 5) is 25.5. The number of esters is 1. The summed E-state index contributed by atoms with van der Waals surface area (Å²) in [5, 5.41) is 22.3. The normalized spacial score (nSPS) is 10.7. The summed E-state index contributed by atoms with van der Waals surface area (Å²) in [5.41, 5.74) is 1.78. The van der Waals surface area contributed by atoms with Crippen LogP contribution in [0.5, 0.6) is 17.4 Å². The molecule has 0 aliphatic rings. The number of methoxy groups -OCH3 is 1. The van der Waals surface area contributed by atoms with Crippen molar-refractivity contribution in [1.29, 1.82) is 0 Å². The van der Waals surface area contributed by atoms with Gasteiger partial charge in [0.25, 0.3) is 0 Å². The molecule has 0 unspecified atom stereocenters. The second-order valence-electron chi connectivity index (χ2n) is 7.56. The first kappa shape index (κ1) is 23.9. The molecule has 178 valence electrons. The predicted molar refractivity (Wildman–Crippen MR) is 132 cm³/mol. The number of ether oxygens (including phenoxy) is 2. The first-order valence-corrected chi connectivity index (χ1v) is 11.1. The smallest absolute Gasteiger partial charge is 0.338 e. The Kier molecular flexibility index (Phi) is 6.80. The molecule has 1 heterocycles. The third-order valence-electron chi connectivity index (χ3n) is 5.45. The lowest BCUT2D eigenvalue weighted by atomic mass is 9.99. The van der Waals surface area contributed by atoms with Crippen molar-refractivity contribution in [2.24, 2.45) is 0 Å². The van der Waals surface area contributed by atoms with Crippen LogP contribution in [0.4, 0.5) is 0 Å². The Bertz CT molecular complexity index is 1370. The maximum atomic E-state index is 13.5. The van der Waals surface area contributed by atoms with Gasteiger partial charge >= 0.3 is 5.97 Å². The Morgan fingerprint density at radius 1 is 0.886 bits per heavy atom. The second kappa shape index (κ2) is 9.95. The number of benzene rings is 3. The van der Waals surface area contributed by atoms with Gasteiger partial charge in [-0.15, -0.1) is 0 Å². The molecule has 0 bridgehead atoms. The van der Waals surface area contributed by atoms with Crippen LogP contribution in [-0.4, -0.2) is 40.2 Å². The minimum absolute atomic E-state index is 0.0792. The molecule has 0 radical (unpaired) electrons. The quantitative estimate of drug-likeness (QED) is 0.257. The SMILES string of the molecule is CCOC(=O)c1ccc(-n2c(O)c(O)c(C(=O)c3ccc(Cl)cc3)c2-c2ccc(OC)cc2)cc1. The number of hydrogen-bond donors (Lipinski definition) is 2. The highest BCUT2D eigenvalue weighted by atomic mass is 35.5. The van der Waals surface area contributed by atoms with Crippen molar-refractivity contribution in [1.82, 2.24) is 4.57 Å². The van der Waals surface area contributed by atoms with E-state index in [4.69, 9.17) is 21.1 Å². The first-order chi connectivity index (χ1) is 16.8. The summed E-state index contributed by atoms with van der Waals surface area (Å²) in [6.07, 6.45) is 0. The van der Waals surface area contributed by atoms with E-state index in [1.807, 2.05) is 0 Å². The number of rotatable bonds is 7. The number of hydrogen-bond acceptors (Lipinski definition) is 6. The number of nitrogens with zero attached hydrogens (tertiary/aromatic N) is 1. The third-order valence-corrected chi connectivity index (χ3v) is 5.71. The molecule has 7 nitrogen and oxygen atoms in total. The van der Waals surface area contributed by atoms with Gasteiger partial charge in [-0.2, -0.15) is 0 Å². The fourth-order valence-corrected chi connectivity index (χ4v) is 3.87. The van der Waals surface area contributed by atoms with Crippen LogP contribution in [0.1, 0.15) is 33.2 Å². The molecule has 8 heteroatoms. The summed E-state index contributed by atoms with van der Waals surface area (Å²) in [5.74, 6) is -1.46. The average molecular weight is 492 g/mol. The zero-order valence-corrected chi connectivity index (χ0v) is 19.7. The van der Waals surface area contributed by atoms with Gasteiger partial charge in [0.15, 0.2) is 11.5 Å². The van der Waals surface area contributed by atoms with Crippen molar-refractivity contribution < 1.29 is 29.3 Å². The zero-order chi connectivity index (χ0) is 25.1. The van der Waals surface area contributed by atoms with E-state index in [2.05, 4.69) is 0 Å². The van der Waals surface area contributed by atoms with Gasteiger partial charge in [-0.1, -0.05) is 11.6 Å². The minimum Gasteiger partial charge on any atom is -0.503 e. The molecule has 4 rings (SSSR count). The molecular weight excluding hydrogens is 470 g/mol. The molecule has 0 saturated carbocycles. The van der Waals surface area contributed by atoms with Crippen molar-refractivity contribution in [2.45, 2.75) is 6.92 Å². The molecule has 35 heavy (non-hydrogen) atoms. The largest absolute Gasteiger partial charge is 0.503 e. The van der Waals surface area contributed by atoms with Crippen LogP contribution < -0.4 is 4.74 Å². The highest BCUT2D eigenvalue weighted by Gasteiger charge is 2.30. The van der Waals surface area contributed by atoms with Gasteiger partial charge in [-0.05, 0) is 85.3 Å². The molecule has 0 aliphatic heterocycles. The van der Waals surface area contributed by atoms with Gasteiger partial charge in [-0.25, -0.2) is 4.79 Å². The van der Waals surface area contributed by atoms with Gasteiger partial charge < -0.3 is 19.7 Å². The second-order valence-corrected chi connectivity index (χ2v) is 8.00. The van der Waals surface area contributed by atoms with Crippen LogP contribution in [0.25, 0.3) is 16.9 Å². The van der Waals surface area contributed by atoms with Crippen LogP contribution in [0.3, 0.4) is 0 Å². The van der Waals surface area contributed by atoms with Crippen molar-refractivity contribution in [3.63, 3.8) is 0 Å². The fraction of sp³-hybridized carbons (Fsp3) is 0.111. The minimum atomic E-state index is -0.565. The topological polar surface area (TPSA) is 98.0 Å². The lowest BCUT2D eigenvalue weighted by molar-refractivity contribution is 0.0526. The van der Waals surface area contributed by atoms with Crippen molar-refractivity contribution in [2.75, 3.05) is 13.7 Å². The molecule has 2 N–H and O–H groups in total. The Hall–Kier alpha value is -4.23. The first-order valence-electron chi connectivity index (χ1n) is 10.7. The lowest BCUT2D eigenvalue weighted by Crippen LogP contribution is -2.06. The van der Waals surface area contributed by atoms with E-state index in [0.29, 0.717) is 27.6 Å². The summed E-state index contributed by atoms with van der Waals surface area (Å²) in [6, 6.07) is 19.4. The molecule has 0 aliphatic carbocycles. The monoisotopic (exact) mass is 491 g/mol. The molecule has 0 fully saturated rings. The maximum absolute atomic E-state index is 13.5. The Labute approximate surface area is 206 Å². The van der Waals surface area contributed by atoms with Gasteiger partial charge in [0.05, 0.1) is 30.5 Å². The van der Waals surface area contributed by atoms with Gasteiger partial charge in [0.2, 0.25) is 5.88 Å². The van der Waals surface area contributed by atoms with Crippen LogP contribution in [0.2, 0.25) is 5.02 Å². The molecule has 1 aromatic heterocycles. The molecule has 4 aromatic rings. The van der Waals surface area contributed by atoms with Crippen molar-refractivity contribution in [3.8, 4) is 34.3 Å². The molecule has 0 spiro atoms.